The molecule has 1 saturated heterocycles. The van der Waals surface area contributed by atoms with Crippen LogP contribution in [0.25, 0.3) is 0 Å². The van der Waals surface area contributed by atoms with E-state index >= 15 is 0 Å². The molecule has 3 rings (SSSR count). The summed E-state index contributed by atoms with van der Waals surface area (Å²) in [5.74, 6) is 0.631. The van der Waals surface area contributed by atoms with Gasteiger partial charge in [-0.3, -0.25) is 14.4 Å². The molecule has 0 unspecified atom stereocenters. The van der Waals surface area contributed by atoms with Crippen molar-refractivity contribution >= 4 is 34.9 Å². The zero-order valence-electron chi connectivity index (χ0n) is 15.1. The number of piperidine rings is 1. The van der Waals surface area contributed by atoms with Gasteiger partial charge in [0.25, 0.3) is 5.91 Å². The van der Waals surface area contributed by atoms with Gasteiger partial charge in [-0.1, -0.05) is 5.16 Å². The van der Waals surface area contributed by atoms with Gasteiger partial charge < -0.3 is 20.1 Å². The van der Waals surface area contributed by atoms with E-state index < -0.39 is 0 Å². The standard InChI is InChI=1S/C18H22N4O4S/c1-12-10-15(21-26-12)20-18(25)13-3-7-22(8-4-13)16(23)2-6-19-17(24)14-5-9-27-11-14/h5,9-11,13H,2-4,6-8H2,1H3,(H,19,24)(H,20,21,25). The Kier molecular flexibility index (Phi) is 6.23. The summed E-state index contributed by atoms with van der Waals surface area (Å²) >= 11 is 1.46. The maximum absolute atomic E-state index is 12.3. The van der Waals surface area contributed by atoms with Crippen LogP contribution in [0.4, 0.5) is 5.82 Å². The predicted molar refractivity (Wildman–Crippen MR) is 100 cm³/mol. The van der Waals surface area contributed by atoms with Crippen molar-refractivity contribution < 1.29 is 18.9 Å². The summed E-state index contributed by atoms with van der Waals surface area (Å²) in [4.78, 5) is 38.2. The van der Waals surface area contributed by atoms with E-state index in [2.05, 4.69) is 15.8 Å². The first-order valence-electron chi connectivity index (χ1n) is 8.85. The zero-order valence-corrected chi connectivity index (χ0v) is 15.9. The van der Waals surface area contributed by atoms with Crippen LogP contribution in [-0.4, -0.2) is 47.4 Å². The molecule has 0 saturated carbocycles. The van der Waals surface area contributed by atoms with Gasteiger partial charge in [-0.25, -0.2) is 0 Å². The second-order valence-corrected chi connectivity index (χ2v) is 7.27. The van der Waals surface area contributed by atoms with Crippen LogP contribution in [0.1, 0.15) is 35.4 Å². The van der Waals surface area contributed by atoms with E-state index in [-0.39, 0.29) is 30.1 Å². The van der Waals surface area contributed by atoms with Crippen molar-refractivity contribution in [1.29, 1.82) is 0 Å². The number of hydrogen-bond donors (Lipinski definition) is 2. The van der Waals surface area contributed by atoms with Crippen LogP contribution in [-0.2, 0) is 9.59 Å². The van der Waals surface area contributed by atoms with Crippen LogP contribution in [0.3, 0.4) is 0 Å². The van der Waals surface area contributed by atoms with E-state index in [0.29, 0.717) is 49.6 Å². The van der Waals surface area contributed by atoms with Crippen molar-refractivity contribution in [3.8, 4) is 0 Å². The van der Waals surface area contributed by atoms with Gasteiger partial charge in [0.05, 0.1) is 0 Å². The second kappa shape index (κ2) is 8.81. The molecule has 0 aliphatic carbocycles. The van der Waals surface area contributed by atoms with Crippen molar-refractivity contribution in [1.82, 2.24) is 15.4 Å². The second-order valence-electron chi connectivity index (χ2n) is 6.49. The summed E-state index contributed by atoms with van der Waals surface area (Å²) in [6.45, 7) is 3.13. The van der Waals surface area contributed by atoms with E-state index in [1.54, 1.807) is 29.3 Å². The lowest BCUT2D eigenvalue weighted by Gasteiger charge is -2.31. The third kappa shape index (κ3) is 5.16. The molecule has 9 heteroatoms. The zero-order chi connectivity index (χ0) is 19.2. The minimum Gasteiger partial charge on any atom is -0.360 e. The number of thiophene rings is 1. The molecule has 1 aliphatic heterocycles. The SMILES string of the molecule is Cc1cc(NC(=O)C2CCN(C(=O)CCNC(=O)c3ccsc3)CC2)no1. The molecule has 0 spiro atoms. The van der Waals surface area contributed by atoms with Gasteiger partial charge in [-0.15, -0.1) is 0 Å². The van der Waals surface area contributed by atoms with Gasteiger partial charge in [0.15, 0.2) is 5.82 Å². The molecule has 0 aromatic carbocycles. The minimum atomic E-state index is -0.164. The maximum atomic E-state index is 12.3. The first-order valence-corrected chi connectivity index (χ1v) is 9.79. The van der Waals surface area contributed by atoms with Gasteiger partial charge in [0.2, 0.25) is 11.8 Å². The largest absolute Gasteiger partial charge is 0.360 e. The van der Waals surface area contributed by atoms with Crippen LogP contribution in [0, 0.1) is 12.8 Å². The van der Waals surface area contributed by atoms with Crippen molar-refractivity contribution in [2.24, 2.45) is 5.92 Å². The lowest BCUT2D eigenvalue weighted by atomic mass is 9.95. The molecule has 0 atom stereocenters. The molecular weight excluding hydrogens is 368 g/mol. The van der Waals surface area contributed by atoms with E-state index in [0.717, 1.165) is 0 Å². The number of nitrogens with zero attached hydrogens (tertiary/aromatic N) is 2. The Morgan fingerprint density at radius 1 is 1.33 bits per heavy atom. The molecule has 27 heavy (non-hydrogen) atoms. The molecule has 1 fully saturated rings. The van der Waals surface area contributed by atoms with Gasteiger partial charge in [-0.2, -0.15) is 11.3 Å². The van der Waals surface area contributed by atoms with E-state index in [1.807, 2.05) is 5.38 Å². The fourth-order valence-electron chi connectivity index (χ4n) is 2.98. The molecule has 0 bridgehead atoms. The average Bonchev–Trinajstić information content (AvgIpc) is 3.33. The predicted octanol–water partition coefficient (Wildman–Crippen LogP) is 2.04. The number of rotatable bonds is 6. The topological polar surface area (TPSA) is 105 Å². The first-order chi connectivity index (χ1) is 13.0. The number of hydrogen-bond acceptors (Lipinski definition) is 6. The third-order valence-corrected chi connectivity index (χ3v) is 5.19. The lowest BCUT2D eigenvalue weighted by molar-refractivity contribution is -0.134. The highest BCUT2D eigenvalue weighted by atomic mass is 32.1. The highest BCUT2D eigenvalue weighted by Crippen LogP contribution is 2.20. The number of likely N-dealkylation sites (tertiary alicyclic amines) is 1. The van der Waals surface area contributed by atoms with Gasteiger partial charge >= 0.3 is 0 Å². The van der Waals surface area contributed by atoms with Crippen LogP contribution >= 0.6 is 11.3 Å². The molecule has 3 amide bonds. The molecule has 1 aliphatic rings. The lowest BCUT2D eigenvalue weighted by Crippen LogP contribution is -2.42. The van der Waals surface area contributed by atoms with Gasteiger partial charge in [-0.05, 0) is 31.2 Å². The van der Waals surface area contributed by atoms with Crippen molar-refractivity contribution in [3.05, 3.63) is 34.2 Å². The van der Waals surface area contributed by atoms with Crippen LogP contribution in [0.5, 0.6) is 0 Å². The van der Waals surface area contributed by atoms with Crippen LogP contribution in [0.2, 0.25) is 0 Å². The summed E-state index contributed by atoms with van der Waals surface area (Å²) in [7, 11) is 0. The van der Waals surface area contributed by atoms with E-state index in [1.165, 1.54) is 11.3 Å². The summed E-state index contributed by atoms with van der Waals surface area (Å²) in [6.07, 6.45) is 1.47. The molecule has 0 radical (unpaired) electrons. The summed E-state index contributed by atoms with van der Waals surface area (Å²) in [6, 6.07) is 3.42. The van der Waals surface area contributed by atoms with Gasteiger partial charge in [0, 0.05) is 49.0 Å². The molecule has 2 aromatic rings. The van der Waals surface area contributed by atoms with E-state index in [9.17, 15) is 14.4 Å². The third-order valence-electron chi connectivity index (χ3n) is 4.51. The molecule has 3 heterocycles. The molecule has 8 nitrogen and oxygen atoms in total. The Labute approximate surface area is 160 Å². The monoisotopic (exact) mass is 390 g/mol. The highest BCUT2D eigenvalue weighted by molar-refractivity contribution is 7.08. The minimum absolute atomic E-state index is 0.00778. The summed E-state index contributed by atoms with van der Waals surface area (Å²) < 4.78 is 4.93. The Hall–Kier alpha value is -2.68. The number of carbonyl (C=O) groups is 3. The van der Waals surface area contributed by atoms with Gasteiger partial charge in [0.1, 0.15) is 5.76 Å². The normalized spacial score (nSPS) is 14.8. The Morgan fingerprint density at radius 3 is 2.74 bits per heavy atom. The Balaban J connectivity index is 1.37. The molecule has 2 aromatic heterocycles. The Bertz CT molecular complexity index is 794. The number of aromatic nitrogens is 1. The van der Waals surface area contributed by atoms with Crippen LogP contribution in [0.15, 0.2) is 27.4 Å². The van der Waals surface area contributed by atoms with Crippen molar-refractivity contribution in [2.75, 3.05) is 25.0 Å². The summed E-state index contributed by atoms with van der Waals surface area (Å²) in [5, 5.41) is 12.9. The van der Waals surface area contributed by atoms with Crippen LogP contribution < -0.4 is 10.6 Å². The fraction of sp³-hybridized carbons (Fsp3) is 0.444. The molecule has 2 N–H and O–H groups in total. The number of anilines is 1. The van der Waals surface area contributed by atoms with Crippen molar-refractivity contribution in [3.63, 3.8) is 0 Å². The number of nitrogens with one attached hydrogen (secondary N) is 2. The van der Waals surface area contributed by atoms with Crippen molar-refractivity contribution in [2.45, 2.75) is 26.2 Å². The fourth-order valence-corrected chi connectivity index (χ4v) is 3.62. The first kappa shape index (κ1) is 19.1. The molecule has 144 valence electrons. The quantitative estimate of drug-likeness (QED) is 0.785. The van der Waals surface area contributed by atoms with E-state index in [4.69, 9.17) is 4.52 Å². The number of carbonyl (C=O) groups excluding carboxylic acids is 3. The average molecular weight is 390 g/mol. The number of amides is 3. The number of aryl methyl sites for hydroxylation is 1. The maximum Gasteiger partial charge on any atom is 0.252 e. The summed E-state index contributed by atoms with van der Waals surface area (Å²) in [5.41, 5.74) is 0.613. The highest BCUT2D eigenvalue weighted by Gasteiger charge is 2.27. The Morgan fingerprint density at radius 2 is 2.11 bits per heavy atom. The molecular formula is C18H22N4O4S. The smallest absolute Gasteiger partial charge is 0.252 e.